The van der Waals surface area contributed by atoms with Crippen LogP contribution in [0.2, 0.25) is 5.02 Å². The third-order valence-corrected chi connectivity index (χ3v) is 5.59. The van der Waals surface area contributed by atoms with Gasteiger partial charge in [-0.1, -0.05) is 35.9 Å². The predicted molar refractivity (Wildman–Crippen MR) is 103 cm³/mol. The highest BCUT2D eigenvalue weighted by Gasteiger charge is 2.34. The molecule has 0 aliphatic heterocycles. The first-order valence-corrected chi connectivity index (χ1v) is 9.61. The molecule has 0 fully saturated rings. The van der Waals surface area contributed by atoms with Crippen LogP contribution < -0.4 is 4.80 Å². The lowest BCUT2D eigenvalue weighted by atomic mass is 10.1. The second-order valence-electron chi connectivity index (χ2n) is 6.09. The molecule has 29 heavy (non-hydrogen) atoms. The Balaban J connectivity index is 2.31. The zero-order chi connectivity index (χ0) is 21.3. The number of halogens is 4. The number of thiazole rings is 1. The number of hydrogen-bond donors (Lipinski definition) is 1. The fraction of sp³-hybridized carbons (Fsp3) is 0.211. The predicted octanol–water partition coefficient (Wildman–Crippen LogP) is 5.15. The van der Waals surface area contributed by atoms with Crippen molar-refractivity contribution in [3.05, 3.63) is 63.4 Å². The Labute approximate surface area is 171 Å². The molecule has 1 N–H and O–H groups in total. The van der Waals surface area contributed by atoms with Crippen LogP contribution in [-0.2, 0) is 11.0 Å². The van der Waals surface area contributed by atoms with E-state index >= 15 is 0 Å². The summed E-state index contributed by atoms with van der Waals surface area (Å²) in [6, 6.07) is 8.16. The van der Waals surface area contributed by atoms with Gasteiger partial charge in [0.1, 0.15) is 6.04 Å². The summed E-state index contributed by atoms with van der Waals surface area (Å²) in [5, 5.41) is 9.97. The molecule has 2 aromatic carbocycles. The fourth-order valence-corrected chi connectivity index (χ4v) is 4.20. The van der Waals surface area contributed by atoms with Crippen molar-refractivity contribution < 1.29 is 27.9 Å². The maximum Gasteiger partial charge on any atom is 0.417 e. The first-order chi connectivity index (χ1) is 13.6. The summed E-state index contributed by atoms with van der Waals surface area (Å²) < 4.78 is 41.3. The van der Waals surface area contributed by atoms with E-state index in [4.69, 9.17) is 11.6 Å². The van der Waals surface area contributed by atoms with E-state index in [1.165, 1.54) is 41.0 Å². The van der Waals surface area contributed by atoms with Crippen LogP contribution in [0.25, 0.3) is 10.2 Å². The molecule has 1 amide bonds. The summed E-state index contributed by atoms with van der Waals surface area (Å²) in [6.07, 6.45) is -4.54. The molecule has 152 valence electrons. The van der Waals surface area contributed by atoms with Gasteiger partial charge in [0.25, 0.3) is 5.91 Å². The number of benzene rings is 2. The quantitative estimate of drug-likeness (QED) is 0.607. The van der Waals surface area contributed by atoms with Crippen LogP contribution in [0.15, 0.2) is 47.5 Å². The number of nitrogens with zero attached hydrogens (tertiary/aromatic N) is 2. The van der Waals surface area contributed by atoms with Crippen molar-refractivity contribution in [3.8, 4) is 0 Å². The molecule has 0 aliphatic carbocycles. The maximum absolute atomic E-state index is 13.4. The van der Waals surface area contributed by atoms with Crippen molar-refractivity contribution in [3.63, 3.8) is 0 Å². The van der Waals surface area contributed by atoms with Crippen molar-refractivity contribution in [2.24, 2.45) is 4.99 Å². The fourth-order valence-electron chi connectivity index (χ4n) is 2.88. The first-order valence-electron chi connectivity index (χ1n) is 8.42. The average Bonchev–Trinajstić information content (AvgIpc) is 2.99. The van der Waals surface area contributed by atoms with Crippen LogP contribution in [0, 0.1) is 0 Å². The number of carbonyl (C=O) groups excluding carboxylic acids is 1. The molecule has 1 heterocycles. The second kappa shape index (κ2) is 8.00. The Kier molecular flexibility index (Phi) is 5.81. The average molecular weight is 443 g/mol. The molecule has 0 aliphatic rings. The van der Waals surface area contributed by atoms with E-state index in [-0.39, 0.29) is 27.0 Å². The maximum atomic E-state index is 13.4. The molecule has 0 saturated heterocycles. The van der Waals surface area contributed by atoms with Crippen LogP contribution in [0.3, 0.4) is 0 Å². The largest absolute Gasteiger partial charge is 0.480 e. The van der Waals surface area contributed by atoms with Gasteiger partial charge in [-0.05, 0) is 42.8 Å². The topological polar surface area (TPSA) is 71.7 Å². The lowest BCUT2D eigenvalue weighted by Crippen LogP contribution is -2.27. The van der Waals surface area contributed by atoms with Crippen LogP contribution in [-0.4, -0.2) is 21.6 Å². The number of amides is 1. The lowest BCUT2D eigenvalue weighted by Gasteiger charge is -2.14. The van der Waals surface area contributed by atoms with Crippen LogP contribution >= 0.6 is 22.9 Å². The lowest BCUT2D eigenvalue weighted by molar-refractivity contribution is -0.141. The molecule has 1 aromatic heterocycles. The van der Waals surface area contributed by atoms with Crippen LogP contribution in [0.4, 0.5) is 13.2 Å². The molecule has 0 spiro atoms. The van der Waals surface area contributed by atoms with E-state index in [9.17, 15) is 27.9 Å². The normalized spacial score (nSPS) is 13.6. The molecular weight excluding hydrogens is 429 g/mol. The van der Waals surface area contributed by atoms with Gasteiger partial charge in [0.15, 0.2) is 4.80 Å². The number of aromatic nitrogens is 1. The molecule has 0 radical (unpaired) electrons. The molecule has 1 atom stereocenters. The zero-order valence-electron chi connectivity index (χ0n) is 14.9. The van der Waals surface area contributed by atoms with Gasteiger partial charge in [0.05, 0.1) is 15.8 Å². The summed E-state index contributed by atoms with van der Waals surface area (Å²) in [5.74, 6) is -1.94. The van der Waals surface area contributed by atoms with E-state index in [1.807, 2.05) is 0 Å². The minimum absolute atomic E-state index is 0.0572. The third-order valence-electron chi connectivity index (χ3n) is 4.23. The third kappa shape index (κ3) is 4.20. The van der Waals surface area contributed by atoms with Gasteiger partial charge >= 0.3 is 12.1 Å². The molecular formula is C19H14ClF3N2O3S. The smallest absolute Gasteiger partial charge is 0.417 e. The van der Waals surface area contributed by atoms with Gasteiger partial charge in [0.2, 0.25) is 0 Å². The van der Waals surface area contributed by atoms with Gasteiger partial charge in [-0.15, -0.1) is 0 Å². The molecule has 0 bridgehead atoms. The highest BCUT2D eigenvalue weighted by molar-refractivity contribution is 7.16. The van der Waals surface area contributed by atoms with Gasteiger partial charge < -0.3 is 9.67 Å². The summed E-state index contributed by atoms with van der Waals surface area (Å²) in [7, 11) is 0. The van der Waals surface area contributed by atoms with Crippen molar-refractivity contribution in [2.75, 3.05) is 0 Å². The van der Waals surface area contributed by atoms with E-state index in [2.05, 4.69) is 4.99 Å². The number of carbonyl (C=O) groups is 2. The van der Waals surface area contributed by atoms with E-state index in [0.29, 0.717) is 16.4 Å². The van der Waals surface area contributed by atoms with E-state index < -0.39 is 29.7 Å². The van der Waals surface area contributed by atoms with Gasteiger partial charge in [0, 0.05) is 10.6 Å². The number of fused-ring (bicyclic) bond motifs is 1. The molecule has 0 saturated carbocycles. The van der Waals surface area contributed by atoms with Crippen LogP contribution in [0.5, 0.6) is 0 Å². The monoisotopic (exact) mass is 442 g/mol. The second-order valence-corrected chi connectivity index (χ2v) is 7.51. The first kappa shape index (κ1) is 21.1. The minimum Gasteiger partial charge on any atom is -0.480 e. The number of carboxylic acid groups (broad SMARTS) is 1. The molecule has 3 rings (SSSR count). The Morgan fingerprint density at radius 1 is 1.21 bits per heavy atom. The van der Waals surface area contributed by atoms with Crippen molar-refractivity contribution in [1.29, 1.82) is 0 Å². The van der Waals surface area contributed by atoms with Crippen molar-refractivity contribution in [1.82, 2.24) is 4.57 Å². The Morgan fingerprint density at radius 2 is 1.86 bits per heavy atom. The molecule has 5 nitrogen and oxygen atoms in total. The number of rotatable bonds is 4. The summed E-state index contributed by atoms with van der Waals surface area (Å²) >= 11 is 6.43. The standard InChI is InChI=1S/C19H14ClF3N2O3S/c1-2-13(17(27)28)25-14-5-3-4-12(19(21,22)23)15(14)29-18(25)24-16(26)10-6-8-11(20)9-7-10/h3-9,13H,2H2,1H3,(H,27,28). The minimum atomic E-state index is -4.63. The Hall–Kier alpha value is -2.65. The number of carboxylic acids is 1. The van der Waals surface area contributed by atoms with Crippen molar-refractivity contribution >= 4 is 45.0 Å². The summed E-state index contributed by atoms with van der Waals surface area (Å²) in [4.78, 5) is 28.1. The Morgan fingerprint density at radius 3 is 2.41 bits per heavy atom. The van der Waals surface area contributed by atoms with Crippen molar-refractivity contribution in [2.45, 2.75) is 25.6 Å². The molecule has 10 heteroatoms. The molecule has 1 unspecified atom stereocenters. The summed E-state index contributed by atoms with van der Waals surface area (Å²) in [5.41, 5.74) is -0.672. The number of alkyl halides is 3. The Bertz CT molecular complexity index is 1150. The van der Waals surface area contributed by atoms with E-state index in [0.717, 1.165) is 6.07 Å². The SMILES string of the molecule is CCC(C(=O)O)n1c(=NC(=O)c2ccc(Cl)cc2)sc2c(C(F)(F)F)cccc21. The van der Waals surface area contributed by atoms with Crippen LogP contribution in [0.1, 0.15) is 35.3 Å². The van der Waals surface area contributed by atoms with E-state index in [1.54, 1.807) is 6.92 Å². The summed E-state index contributed by atoms with van der Waals surface area (Å²) in [6.45, 7) is 1.59. The van der Waals surface area contributed by atoms with Gasteiger partial charge in [-0.2, -0.15) is 18.2 Å². The highest BCUT2D eigenvalue weighted by atomic mass is 35.5. The van der Waals surface area contributed by atoms with Gasteiger partial charge in [-0.25, -0.2) is 4.79 Å². The number of hydrogen-bond acceptors (Lipinski definition) is 3. The number of aliphatic carboxylic acids is 1. The highest BCUT2D eigenvalue weighted by Crippen LogP contribution is 2.37. The zero-order valence-corrected chi connectivity index (χ0v) is 16.5. The molecule has 3 aromatic rings. The van der Waals surface area contributed by atoms with Gasteiger partial charge in [-0.3, -0.25) is 4.79 Å².